The molecule has 0 fully saturated rings. The second kappa shape index (κ2) is 6.86. The Balaban J connectivity index is 1.50. The van der Waals surface area contributed by atoms with Crippen molar-refractivity contribution in [1.82, 2.24) is 9.55 Å². The molecule has 3 heterocycles. The molecule has 0 saturated heterocycles. The third-order valence-electron chi connectivity index (χ3n) is 4.75. The molecular formula is C22H16FN3O2S. The van der Waals surface area contributed by atoms with E-state index in [1.165, 1.54) is 23.5 Å². The summed E-state index contributed by atoms with van der Waals surface area (Å²) in [5, 5.41) is 3.42. The molecule has 1 amide bonds. The van der Waals surface area contributed by atoms with Gasteiger partial charge in [0.05, 0.1) is 22.0 Å². The summed E-state index contributed by atoms with van der Waals surface area (Å²) >= 11 is 1.43. The number of anilines is 1. The summed E-state index contributed by atoms with van der Waals surface area (Å²) in [6, 6.07) is 15.8. The molecule has 1 N–H and O–H groups in total. The largest absolute Gasteiger partial charge is 0.463 e. The minimum atomic E-state index is -0.311. The number of furan rings is 1. The first kappa shape index (κ1) is 17.6. The molecule has 0 bridgehead atoms. The Morgan fingerprint density at radius 2 is 2.10 bits per heavy atom. The maximum atomic E-state index is 13.6. The van der Waals surface area contributed by atoms with E-state index in [2.05, 4.69) is 10.3 Å². The monoisotopic (exact) mass is 405 g/mol. The molecule has 0 spiro atoms. The number of thiazole rings is 1. The lowest BCUT2D eigenvalue weighted by molar-refractivity contribution is 0.101. The van der Waals surface area contributed by atoms with Crippen molar-refractivity contribution in [3.63, 3.8) is 0 Å². The molecule has 0 aliphatic heterocycles. The number of rotatable bonds is 4. The van der Waals surface area contributed by atoms with Crippen LogP contribution in [0.15, 0.2) is 65.3 Å². The van der Waals surface area contributed by atoms with E-state index >= 15 is 0 Å². The summed E-state index contributed by atoms with van der Waals surface area (Å²) < 4.78 is 21.9. The van der Waals surface area contributed by atoms with E-state index in [-0.39, 0.29) is 11.7 Å². The number of amides is 1. The Labute approximate surface area is 169 Å². The molecule has 7 heteroatoms. The third kappa shape index (κ3) is 3.30. The summed E-state index contributed by atoms with van der Waals surface area (Å²) in [5.41, 5.74) is 4.56. The van der Waals surface area contributed by atoms with Crippen molar-refractivity contribution in [2.24, 2.45) is 0 Å². The number of benzene rings is 2. The van der Waals surface area contributed by atoms with E-state index < -0.39 is 0 Å². The van der Waals surface area contributed by atoms with E-state index in [9.17, 15) is 9.18 Å². The number of carbonyl (C=O) groups is 1. The lowest BCUT2D eigenvalue weighted by Crippen LogP contribution is -2.17. The molecule has 5 rings (SSSR count). The first-order chi connectivity index (χ1) is 14.1. The maximum absolute atomic E-state index is 13.6. The van der Waals surface area contributed by atoms with E-state index in [4.69, 9.17) is 4.42 Å². The zero-order chi connectivity index (χ0) is 20.0. The average Bonchev–Trinajstić information content (AvgIpc) is 3.37. The smallest absolute Gasteiger partial charge is 0.274 e. The van der Waals surface area contributed by atoms with Gasteiger partial charge in [0.1, 0.15) is 11.5 Å². The molecule has 0 atom stereocenters. The van der Waals surface area contributed by atoms with E-state index in [1.54, 1.807) is 24.5 Å². The third-order valence-corrected chi connectivity index (χ3v) is 5.68. The highest BCUT2D eigenvalue weighted by Crippen LogP contribution is 2.28. The molecule has 2 aromatic carbocycles. The van der Waals surface area contributed by atoms with Gasteiger partial charge in [0.15, 0.2) is 10.7 Å². The molecule has 0 aliphatic rings. The van der Waals surface area contributed by atoms with Crippen LogP contribution in [0.5, 0.6) is 0 Å². The average molecular weight is 405 g/mol. The van der Waals surface area contributed by atoms with Gasteiger partial charge >= 0.3 is 0 Å². The molecule has 5 nitrogen and oxygen atoms in total. The Kier molecular flexibility index (Phi) is 4.17. The lowest BCUT2D eigenvalue weighted by Gasteiger charge is -2.10. The summed E-state index contributed by atoms with van der Waals surface area (Å²) in [7, 11) is 0. The number of hydrogen-bond acceptors (Lipinski definition) is 4. The van der Waals surface area contributed by atoms with Gasteiger partial charge < -0.3 is 8.98 Å². The highest BCUT2D eigenvalue weighted by atomic mass is 32.1. The van der Waals surface area contributed by atoms with Crippen molar-refractivity contribution in [2.75, 3.05) is 5.32 Å². The van der Waals surface area contributed by atoms with Gasteiger partial charge in [0, 0.05) is 18.7 Å². The van der Waals surface area contributed by atoms with E-state index in [0.29, 0.717) is 23.0 Å². The van der Waals surface area contributed by atoms with Crippen LogP contribution < -0.4 is 5.32 Å². The van der Waals surface area contributed by atoms with Crippen molar-refractivity contribution in [1.29, 1.82) is 0 Å². The van der Waals surface area contributed by atoms with Gasteiger partial charge in [-0.2, -0.15) is 0 Å². The molecule has 3 aromatic heterocycles. The molecule has 0 unspecified atom stereocenters. The molecule has 0 saturated carbocycles. The molecule has 0 radical (unpaired) electrons. The number of nitrogens with one attached hydrogen (secondary N) is 1. The van der Waals surface area contributed by atoms with Crippen molar-refractivity contribution in [3.05, 3.63) is 83.5 Å². The van der Waals surface area contributed by atoms with Crippen LogP contribution >= 0.6 is 11.3 Å². The van der Waals surface area contributed by atoms with Gasteiger partial charge in [0.2, 0.25) is 0 Å². The second-order valence-corrected chi connectivity index (χ2v) is 7.89. The fourth-order valence-electron chi connectivity index (χ4n) is 3.40. The van der Waals surface area contributed by atoms with Crippen LogP contribution in [-0.2, 0) is 6.54 Å². The Hall–Kier alpha value is -3.45. The number of hydrogen-bond donors (Lipinski definition) is 1. The predicted molar refractivity (Wildman–Crippen MR) is 112 cm³/mol. The maximum Gasteiger partial charge on any atom is 0.274 e. The van der Waals surface area contributed by atoms with Crippen LogP contribution in [0.2, 0.25) is 0 Å². The lowest BCUT2D eigenvalue weighted by atomic mass is 10.2. The van der Waals surface area contributed by atoms with Gasteiger partial charge in [-0.3, -0.25) is 10.1 Å². The molecule has 144 valence electrons. The topological polar surface area (TPSA) is 60.1 Å². The highest BCUT2D eigenvalue weighted by Gasteiger charge is 2.19. The normalized spacial score (nSPS) is 11.4. The number of halogens is 1. The second-order valence-electron chi connectivity index (χ2n) is 6.86. The van der Waals surface area contributed by atoms with Crippen LogP contribution in [0.1, 0.15) is 21.6 Å². The zero-order valence-electron chi connectivity index (χ0n) is 15.5. The van der Waals surface area contributed by atoms with Gasteiger partial charge in [-0.15, -0.1) is 0 Å². The number of fused-ring (bicyclic) bond motifs is 2. The molecule has 29 heavy (non-hydrogen) atoms. The van der Waals surface area contributed by atoms with Crippen LogP contribution in [0.4, 0.5) is 9.52 Å². The minimum absolute atomic E-state index is 0.288. The first-order valence-electron chi connectivity index (χ1n) is 9.06. The Morgan fingerprint density at radius 1 is 1.21 bits per heavy atom. The fourth-order valence-corrected chi connectivity index (χ4v) is 4.36. The summed E-state index contributed by atoms with van der Waals surface area (Å²) in [4.78, 5) is 17.5. The van der Waals surface area contributed by atoms with Crippen LogP contribution in [0.3, 0.4) is 0 Å². The number of nitrogens with zero attached hydrogens (tertiary/aromatic N) is 2. The molecule has 0 aliphatic carbocycles. The van der Waals surface area contributed by atoms with Gasteiger partial charge in [-0.05, 0) is 42.3 Å². The van der Waals surface area contributed by atoms with E-state index in [0.717, 1.165) is 26.9 Å². The molecule has 5 aromatic rings. The van der Waals surface area contributed by atoms with Crippen LogP contribution in [0, 0.1) is 12.7 Å². The van der Waals surface area contributed by atoms with Gasteiger partial charge in [-0.1, -0.05) is 29.5 Å². The summed E-state index contributed by atoms with van der Waals surface area (Å²) in [6.45, 7) is 2.37. The van der Waals surface area contributed by atoms with Crippen LogP contribution in [0.25, 0.3) is 21.3 Å². The van der Waals surface area contributed by atoms with Crippen molar-refractivity contribution < 1.29 is 13.6 Å². The predicted octanol–water partition coefficient (Wildman–Crippen LogP) is 5.59. The SMILES string of the molecule is Cc1ccc2nc(NC(=O)c3cc4occc4n3Cc3cccc(F)c3)sc2c1. The Morgan fingerprint density at radius 3 is 2.97 bits per heavy atom. The van der Waals surface area contributed by atoms with Crippen LogP contribution in [-0.4, -0.2) is 15.5 Å². The Bertz CT molecular complexity index is 1370. The summed E-state index contributed by atoms with van der Waals surface area (Å²) in [6.07, 6.45) is 1.57. The van der Waals surface area contributed by atoms with E-state index in [1.807, 2.05) is 35.8 Å². The zero-order valence-corrected chi connectivity index (χ0v) is 16.3. The number of aryl methyl sites for hydroxylation is 1. The standard InChI is InChI=1S/C22H16FN3O2S/c1-13-5-6-16-20(9-13)29-22(24-16)25-21(27)18-11-19-17(7-8-28-19)26(18)12-14-3-2-4-15(23)10-14/h2-11H,12H2,1H3,(H,24,25,27). The number of aromatic nitrogens is 2. The quantitative estimate of drug-likeness (QED) is 0.424. The fraction of sp³-hybridized carbons (Fsp3) is 0.0909. The minimum Gasteiger partial charge on any atom is -0.463 e. The van der Waals surface area contributed by atoms with Crippen molar-refractivity contribution in [2.45, 2.75) is 13.5 Å². The first-order valence-corrected chi connectivity index (χ1v) is 9.88. The van der Waals surface area contributed by atoms with Crippen molar-refractivity contribution in [3.8, 4) is 0 Å². The summed E-state index contributed by atoms with van der Waals surface area (Å²) in [5.74, 6) is -0.600. The van der Waals surface area contributed by atoms with Crippen molar-refractivity contribution >= 4 is 43.7 Å². The van der Waals surface area contributed by atoms with Gasteiger partial charge in [0.25, 0.3) is 5.91 Å². The highest BCUT2D eigenvalue weighted by molar-refractivity contribution is 7.22. The number of carbonyl (C=O) groups excluding carboxylic acids is 1. The van der Waals surface area contributed by atoms with Gasteiger partial charge in [-0.25, -0.2) is 9.37 Å². The molecular weight excluding hydrogens is 389 g/mol.